The van der Waals surface area contributed by atoms with Crippen molar-refractivity contribution < 1.29 is 9.53 Å². The standard InChI is InChI=1S/C34H38N8O2/c1-2-31(43)40-16-13-22(14-17-40)37-28-10-5-21-18-23(8-9-26(21)28)42-33(27-4-3-15-36-32(27)35)38-29-11-12-30(39-34(29)42)41-24-6-7-25(41)20-44-19-24/h2-4,8-9,11-12,15,18,22,24-25,28,37H,1,5-7,10,13-14,16-17,19-20H2,(H2,35,36)/t24?,25?,28-/m0/s1. The number of hydrogen-bond acceptors (Lipinski definition) is 8. The van der Waals surface area contributed by atoms with Crippen molar-refractivity contribution in [3.05, 3.63) is 72.4 Å². The molecule has 10 heteroatoms. The number of rotatable bonds is 6. The maximum atomic E-state index is 12.0. The number of aromatic nitrogens is 4. The molecule has 44 heavy (non-hydrogen) atoms. The lowest BCUT2D eigenvalue weighted by molar-refractivity contribution is -0.127. The zero-order chi connectivity index (χ0) is 29.8. The van der Waals surface area contributed by atoms with E-state index in [1.165, 1.54) is 17.2 Å². The van der Waals surface area contributed by atoms with Crippen LogP contribution in [0.3, 0.4) is 0 Å². The first-order valence-corrected chi connectivity index (χ1v) is 15.8. The highest BCUT2D eigenvalue weighted by Gasteiger charge is 2.38. The molecule has 0 radical (unpaired) electrons. The molecule has 4 aromatic rings. The Bertz CT molecular complexity index is 1730. The highest BCUT2D eigenvalue weighted by Crippen LogP contribution is 2.38. The number of piperidine rings is 1. The summed E-state index contributed by atoms with van der Waals surface area (Å²) >= 11 is 0. The number of nitrogen functional groups attached to an aromatic ring is 1. The van der Waals surface area contributed by atoms with Gasteiger partial charge < -0.3 is 25.6 Å². The Labute approximate surface area is 256 Å². The second-order valence-electron chi connectivity index (χ2n) is 12.5. The molecule has 226 valence electrons. The Balaban J connectivity index is 1.14. The molecule has 1 aliphatic carbocycles. The van der Waals surface area contributed by atoms with Crippen LogP contribution in [-0.4, -0.2) is 74.8 Å². The molecule has 3 aromatic heterocycles. The van der Waals surface area contributed by atoms with E-state index in [2.05, 4.69) is 56.7 Å². The molecule has 3 saturated heterocycles. The van der Waals surface area contributed by atoms with Crippen LogP contribution < -0.4 is 16.0 Å². The van der Waals surface area contributed by atoms with E-state index in [1.807, 2.05) is 17.0 Å². The number of pyridine rings is 2. The molecule has 3 N–H and O–H groups in total. The number of carbonyl (C=O) groups is 1. The van der Waals surface area contributed by atoms with Gasteiger partial charge in [-0.1, -0.05) is 12.6 Å². The summed E-state index contributed by atoms with van der Waals surface area (Å²) in [5, 5.41) is 3.90. The van der Waals surface area contributed by atoms with Crippen molar-refractivity contribution in [1.29, 1.82) is 0 Å². The lowest BCUT2D eigenvalue weighted by atomic mass is 10.0. The van der Waals surface area contributed by atoms with Crippen molar-refractivity contribution in [2.24, 2.45) is 0 Å². The maximum Gasteiger partial charge on any atom is 0.245 e. The number of aryl methyl sites for hydroxylation is 1. The van der Waals surface area contributed by atoms with E-state index in [0.29, 0.717) is 30.0 Å². The Morgan fingerprint density at radius 1 is 1.02 bits per heavy atom. The van der Waals surface area contributed by atoms with Crippen molar-refractivity contribution in [2.75, 3.05) is 36.9 Å². The average Bonchev–Trinajstić information content (AvgIpc) is 3.71. The van der Waals surface area contributed by atoms with E-state index in [4.69, 9.17) is 20.4 Å². The van der Waals surface area contributed by atoms with E-state index >= 15 is 0 Å². The zero-order valence-corrected chi connectivity index (χ0v) is 24.9. The molecule has 3 atom stereocenters. The normalized spacial score (nSPS) is 23.3. The summed E-state index contributed by atoms with van der Waals surface area (Å²) in [5.74, 6) is 2.20. The Morgan fingerprint density at radius 2 is 1.84 bits per heavy atom. The number of nitrogens with one attached hydrogen (secondary N) is 1. The van der Waals surface area contributed by atoms with Gasteiger partial charge in [0.1, 0.15) is 17.2 Å². The van der Waals surface area contributed by atoms with Crippen LogP contribution in [0.15, 0.2) is 61.3 Å². The third-order valence-electron chi connectivity index (χ3n) is 9.95. The average molecular weight is 591 g/mol. The van der Waals surface area contributed by atoms with Gasteiger partial charge in [-0.3, -0.25) is 9.36 Å². The van der Waals surface area contributed by atoms with Gasteiger partial charge in [0, 0.05) is 37.1 Å². The van der Waals surface area contributed by atoms with Crippen molar-refractivity contribution in [3.63, 3.8) is 0 Å². The van der Waals surface area contributed by atoms with Crippen LogP contribution in [0.25, 0.3) is 28.2 Å². The van der Waals surface area contributed by atoms with Gasteiger partial charge in [0.15, 0.2) is 11.5 Å². The van der Waals surface area contributed by atoms with Crippen LogP contribution in [0.2, 0.25) is 0 Å². The van der Waals surface area contributed by atoms with E-state index in [0.717, 1.165) is 98.9 Å². The SMILES string of the molecule is C=CC(=O)N1CCC(N[C@H]2CCc3cc(-n4c(-c5cccnc5N)nc5ccc(N6C7CCC6COC7)nc54)ccc32)CC1. The molecular weight excluding hydrogens is 552 g/mol. The fraction of sp³-hybridized carbons (Fsp3) is 0.412. The van der Waals surface area contributed by atoms with Gasteiger partial charge in [0.25, 0.3) is 0 Å². The number of hydrogen-bond donors (Lipinski definition) is 2. The highest BCUT2D eigenvalue weighted by molar-refractivity contribution is 5.87. The fourth-order valence-electron chi connectivity index (χ4n) is 7.72. The van der Waals surface area contributed by atoms with Gasteiger partial charge in [0.2, 0.25) is 5.91 Å². The first kappa shape index (κ1) is 27.3. The number of benzene rings is 1. The molecule has 1 aromatic carbocycles. The topological polar surface area (TPSA) is 114 Å². The maximum absolute atomic E-state index is 12.0. The summed E-state index contributed by atoms with van der Waals surface area (Å²) in [6.07, 6.45) is 9.36. The van der Waals surface area contributed by atoms with Gasteiger partial charge in [-0.05, 0) is 92.1 Å². The third-order valence-corrected chi connectivity index (χ3v) is 9.95. The van der Waals surface area contributed by atoms with Crippen LogP contribution in [0.5, 0.6) is 0 Å². The number of likely N-dealkylation sites (tertiary alicyclic amines) is 1. The molecular formula is C34H38N8O2. The molecule has 10 nitrogen and oxygen atoms in total. The quantitative estimate of drug-likeness (QED) is 0.322. The molecule has 1 amide bonds. The van der Waals surface area contributed by atoms with Gasteiger partial charge in [-0.25, -0.2) is 15.0 Å². The molecule has 6 heterocycles. The molecule has 2 bridgehead atoms. The number of imidazole rings is 1. The van der Waals surface area contributed by atoms with Crippen LogP contribution in [0.4, 0.5) is 11.6 Å². The summed E-state index contributed by atoms with van der Waals surface area (Å²) in [6.45, 7) is 6.68. The van der Waals surface area contributed by atoms with Crippen LogP contribution in [0.1, 0.15) is 49.3 Å². The predicted molar refractivity (Wildman–Crippen MR) is 171 cm³/mol. The first-order chi connectivity index (χ1) is 21.6. The third kappa shape index (κ3) is 4.64. The zero-order valence-electron chi connectivity index (χ0n) is 24.9. The second kappa shape index (κ2) is 11.0. The van der Waals surface area contributed by atoms with Crippen molar-refractivity contribution in [3.8, 4) is 17.1 Å². The van der Waals surface area contributed by atoms with E-state index in [-0.39, 0.29) is 5.91 Å². The Hall–Kier alpha value is -4.28. The number of nitrogens with zero attached hydrogens (tertiary/aromatic N) is 6. The number of nitrogens with two attached hydrogens (primary N) is 1. The minimum absolute atomic E-state index is 0.0283. The minimum Gasteiger partial charge on any atom is -0.383 e. The Morgan fingerprint density at radius 3 is 2.61 bits per heavy atom. The Kier molecular flexibility index (Phi) is 6.83. The van der Waals surface area contributed by atoms with Crippen molar-refractivity contribution >= 4 is 28.7 Å². The lowest BCUT2D eigenvalue weighted by Gasteiger charge is -2.35. The van der Waals surface area contributed by atoms with Crippen molar-refractivity contribution in [2.45, 2.75) is 62.7 Å². The summed E-state index contributed by atoms with van der Waals surface area (Å²) in [6, 6.07) is 16.2. The molecule has 3 aliphatic heterocycles. The summed E-state index contributed by atoms with van der Waals surface area (Å²) in [5.41, 5.74) is 12.6. The number of ether oxygens (including phenoxy) is 1. The summed E-state index contributed by atoms with van der Waals surface area (Å²) < 4.78 is 8.00. The highest BCUT2D eigenvalue weighted by atomic mass is 16.5. The van der Waals surface area contributed by atoms with Crippen LogP contribution >= 0.6 is 0 Å². The number of carbonyl (C=O) groups excluding carboxylic acids is 1. The van der Waals surface area contributed by atoms with E-state index < -0.39 is 0 Å². The second-order valence-corrected chi connectivity index (χ2v) is 12.5. The summed E-state index contributed by atoms with van der Waals surface area (Å²) in [7, 11) is 0. The largest absolute Gasteiger partial charge is 0.383 e. The van der Waals surface area contributed by atoms with Crippen LogP contribution in [-0.2, 0) is 16.0 Å². The molecule has 4 aliphatic rings. The molecule has 3 fully saturated rings. The van der Waals surface area contributed by atoms with Gasteiger partial charge in [-0.15, -0.1) is 0 Å². The number of morpholine rings is 1. The summed E-state index contributed by atoms with van der Waals surface area (Å²) in [4.78, 5) is 31.1. The fourth-order valence-corrected chi connectivity index (χ4v) is 7.72. The number of anilines is 2. The predicted octanol–water partition coefficient (Wildman–Crippen LogP) is 4.19. The number of fused-ring (bicyclic) bond motifs is 4. The van der Waals surface area contributed by atoms with Crippen molar-refractivity contribution in [1.82, 2.24) is 29.7 Å². The van der Waals surface area contributed by atoms with Crippen LogP contribution in [0, 0.1) is 0 Å². The van der Waals surface area contributed by atoms with Gasteiger partial charge in [-0.2, -0.15) is 0 Å². The molecule has 0 spiro atoms. The first-order valence-electron chi connectivity index (χ1n) is 15.8. The van der Waals surface area contributed by atoms with E-state index in [9.17, 15) is 4.79 Å². The molecule has 0 saturated carbocycles. The molecule has 2 unspecified atom stereocenters. The van der Waals surface area contributed by atoms with E-state index in [1.54, 1.807) is 6.20 Å². The van der Waals surface area contributed by atoms with Gasteiger partial charge in [0.05, 0.1) is 30.9 Å². The number of amides is 1. The monoisotopic (exact) mass is 590 g/mol. The van der Waals surface area contributed by atoms with Gasteiger partial charge >= 0.3 is 0 Å². The lowest BCUT2D eigenvalue weighted by Crippen LogP contribution is -2.46. The molecule has 8 rings (SSSR count). The minimum atomic E-state index is 0.0283. The smallest absolute Gasteiger partial charge is 0.245 e.